The summed E-state index contributed by atoms with van der Waals surface area (Å²) >= 11 is 0. The summed E-state index contributed by atoms with van der Waals surface area (Å²) in [7, 11) is 0. The number of aryl methyl sites for hydroxylation is 2. The number of likely N-dealkylation sites (tertiary alicyclic amines) is 2. The van der Waals surface area contributed by atoms with Gasteiger partial charge in [-0.05, 0) is 46.1 Å². The van der Waals surface area contributed by atoms with Crippen LogP contribution >= 0.6 is 0 Å². The Hall–Kier alpha value is -1.36. The molecule has 2 saturated heterocycles. The maximum Gasteiger partial charge on any atom is 0.219 e. The van der Waals surface area contributed by atoms with Crippen molar-refractivity contribution in [2.24, 2.45) is 0 Å². The molecule has 0 aromatic carbocycles. The molecule has 2 fully saturated rings. The first kappa shape index (κ1) is 14.6. The Bertz CT molecular complexity index is 506. The maximum absolute atomic E-state index is 11.8. The number of carbonyl (C=O) groups is 1. The van der Waals surface area contributed by atoms with Gasteiger partial charge in [0, 0.05) is 25.6 Å². The van der Waals surface area contributed by atoms with Gasteiger partial charge in [-0.3, -0.25) is 9.69 Å². The van der Waals surface area contributed by atoms with E-state index in [1.54, 1.807) is 6.92 Å². The third kappa shape index (κ3) is 2.84. The molecule has 5 nitrogen and oxygen atoms in total. The van der Waals surface area contributed by atoms with Gasteiger partial charge in [0.05, 0.1) is 12.2 Å². The highest BCUT2D eigenvalue weighted by Gasteiger charge is 2.39. The van der Waals surface area contributed by atoms with Crippen LogP contribution < -0.4 is 0 Å². The van der Waals surface area contributed by atoms with Gasteiger partial charge in [-0.1, -0.05) is 0 Å². The minimum atomic E-state index is 0.215. The quantitative estimate of drug-likeness (QED) is 0.857. The van der Waals surface area contributed by atoms with Crippen LogP contribution in [0.2, 0.25) is 0 Å². The Morgan fingerprint density at radius 2 is 1.95 bits per heavy atom. The van der Waals surface area contributed by atoms with E-state index in [2.05, 4.69) is 14.8 Å². The molecule has 0 saturated carbocycles. The van der Waals surface area contributed by atoms with Crippen molar-refractivity contribution in [1.82, 2.24) is 14.8 Å². The van der Waals surface area contributed by atoms with Crippen LogP contribution in [-0.4, -0.2) is 45.9 Å². The summed E-state index contributed by atoms with van der Waals surface area (Å²) in [6.45, 7) is 8.40. The average molecular weight is 291 g/mol. The fourth-order valence-corrected chi connectivity index (χ4v) is 3.85. The van der Waals surface area contributed by atoms with E-state index in [9.17, 15) is 4.79 Å². The molecule has 1 aromatic rings. The zero-order valence-electron chi connectivity index (χ0n) is 13.3. The van der Waals surface area contributed by atoms with Gasteiger partial charge in [0.15, 0.2) is 0 Å². The number of rotatable bonds is 3. The largest absolute Gasteiger partial charge is 0.444 e. The summed E-state index contributed by atoms with van der Waals surface area (Å²) in [6.07, 6.45) is 4.63. The van der Waals surface area contributed by atoms with Crippen LogP contribution in [0.3, 0.4) is 0 Å². The van der Waals surface area contributed by atoms with Crippen molar-refractivity contribution in [1.29, 1.82) is 0 Å². The van der Waals surface area contributed by atoms with E-state index >= 15 is 0 Å². The first-order valence-electron chi connectivity index (χ1n) is 8.00. The first-order valence-corrected chi connectivity index (χ1v) is 8.00. The predicted octanol–water partition coefficient (Wildman–Crippen LogP) is 2.27. The highest BCUT2D eigenvalue weighted by atomic mass is 16.4. The second-order valence-corrected chi connectivity index (χ2v) is 6.35. The molecule has 2 aliphatic rings. The van der Waals surface area contributed by atoms with E-state index in [-0.39, 0.29) is 5.91 Å². The van der Waals surface area contributed by atoms with E-state index in [1.807, 2.05) is 13.8 Å². The van der Waals surface area contributed by atoms with Gasteiger partial charge in [-0.2, -0.15) is 0 Å². The van der Waals surface area contributed by atoms with Crippen molar-refractivity contribution in [2.45, 2.75) is 65.1 Å². The van der Waals surface area contributed by atoms with E-state index in [0.717, 1.165) is 49.8 Å². The Balaban J connectivity index is 1.71. The highest BCUT2D eigenvalue weighted by Crippen LogP contribution is 2.31. The van der Waals surface area contributed by atoms with Crippen LogP contribution in [0.25, 0.3) is 0 Å². The molecule has 0 spiro atoms. The van der Waals surface area contributed by atoms with Gasteiger partial charge in [0.25, 0.3) is 0 Å². The lowest BCUT2D eigenvalue weighted by molar-refractivity contribution is -0.130. The molecule has 0 unspecified atom stereocenters. The molecule has 0 N–H and O–H groups in total. The van der Waals surface area contributed by atoms with E-state index in [4.69, 9.17) is 4.42 Å². The minimum Gasteiger partial charge on any atom is -0.444 e. The monoisotopic (exact) mass is 291 g/mol. The lowest BCUT2D eigenvalue weighted by Gasteiger charge is -2.34. The molecule has 3 heterocycles. The van der Waals surface area contributed by atoms with Crippen LogP contribution in [0.4, 0.5) is 0 Å². The Labute approximate surface area is 126 Å². The normalized spacial score (nSPS) is 26.7. The van der Waals surface area contributed by atoms with Crippen molar-refractivity contribution in [3.63, 3.8) is 0 Å². The molecular weight excluding hydrogens is 266 g/mol. The predicted molar refractivity (Wildman–Crippen MR) is 79.8 cm³/mol. The number of carbonyl (C=O) groups excluding carboxylic acids is 1. The molecule has 3 rings (SSSR count). The van der Waals surface area contributed by atoms with Crippen molar-refractivity contribution >= 4 is 5.91 Å². The highest BCUT2D eigenvalue weighted by molar-refractivity contribution is 5.74. The molecule has 21 heavy (non-hydrogen) atoms. The van der Waals surface area contributed by atoms with Crippen molar-refractivity contribution in [3.05, 3.63) is 17.3 Å². The van der Waals surface area contributed by atoms with E-state index in [1.165, 1.54) is 12.8 Å². The summed E-state index contributed by atoms with van der Waals surface area (Å²) in [6, 6.07) is 0.839. The van der Waals surface area contributed by atoms with Gasteiger partial charge in [0.1, 0.15) is 5.76 Å². The van der Waals surface area contributed by atoms with Crippen LogP contribution in [0.5, 0.6) is 0 Å². The summed E-state index contributed by atoms with van der Waals surface area (Å²) in [5, 5.41) is 0. The van der Waals surface area contributed by atoms with E-state index in [0.29, 0.717) is 12.1 Å². The molecule has 0 bridgehead atoms. The number of amides is 1. The molecular formula is C16H25N3O2. The molecule has 1 aromatic heterocycles. The SMILES string of the molecule is CC(=O)N1CCC[C@H]1[C@@H]1CCCN1Cc1nc(C)c(C)o1. The standard InChI is InChI=1S/C16H25N3O2/c1-11-12(2)21-16(17-11)10-18-8-4-6-14(18)15-7-5-9-19(15)13(3)20/h14-15H,4-10H2,1-3H3/t14-,15-/m0/s1. The lowest BCUT2D eigenvalue weighted by atomic mass is 10.0. The third-order valence-corrected chi connectivity index (χ3v) is 4.97. The Kier molecular flexibility index (Phi) is 4.02. The Morgan fingerprint density at radius 3 is 2.62 bits per heavy atom. The fraction of sp³-hybridized carbons (Fsp3) is 0.750. The molecule has 0 radical (unpaired) electrons. The number of oxazole rings is 1. The molecule has 1 amide bonds. The second-order valence-electron chi connectivity index (χ2n) is 6.35. The summed E-state index contributed by atoms with van der Waals surface area (Å²) < 4.78 is 5.73. The first-order chi connectivity index (χ1) is 10.1. The van der Waals surface area contributed by atoms with Crippen LogP contribution in [0.15, 0.2) is 4.42 Å². The molecule has 0 aliphatic carbocycles. The van der Waals surface area contributed by atoms with Crippen molar-refractivity contribution in [2.75, 3.05) is 13.1 Å². The zero-order chi connectivity index (χ0) is 15.0. The topological polar surface area (TPSA) is 49.6 Å². The fourth-order valence-electron chi connectivity index (χ4n) is 3.85. The van der Waals surface area contributed by atoms with Crippen molar-refractivity contribution < 1.29 is 9.21 Å². The smallest absolute Gasteiger partial charge is 0.219 e. The Morgan fingerprint density at radius 1 is 1.24 bits per heavy atom. The zero-order valence-corrected chi connectivity index (χ0v) is 13.3. The number of nitrogens with zero attached hydrogens (tertiary/aromatic N) is 3. The number of aromatic nitrogens is 1. The number of hydrogen-bond acceptors (Lipinski definition) is 4. The van der Waals surface area contributed by atoms with Gasteiger partial charge in [0.2, 0.25) is 11.8 Å². The molecule has 5 heteroatoms. The van der Waals surface area contributed by atoms with Gasteiger partial charge in [-0.25, -0.2) is 4.98 Å². The van der Waals surface area contributed by atoms with Gasteiger partial charge >= 0.3 is 0 Å². The molecule has 2 aliphatic heterocycles. The van der Waals surface area contributed by atoms with Crippen LogP contribution in [0.1, 0.15) is 50.0 Å². The van der Waals surface area contributed by atoms with Crippen LogP contribution in [0, 0.1) is 13.8 Å². The lowest BCUT2D eigenvalue weighted by Crippen LogP contribution is -2.47. The molecule has 116 valence electrons. The minimum absolute atomic E-state index is 0.215. The summed E-state index contributed by atoms with van der Waals surface area (Å²) in [4.78, 5) is 20.8. The van der Waals surface area contributed by atoms with E-state index < -0.39 is 0 Å². The summed E-state index contributed by atoms with van der Waals surface area (Å²) in [5.41, 5.74) is 0.979. The average Bonchev–Trinajstić information content (AvgIpc) is 3.10. The second kappa shape index (κ2) is 5.79. The number of hydrogen-bond donors (Lipinski definition) is 0. The van der Waals surface area contributed by atoms with Crippen molar-refractivity contribution in [3.8, 4) is 0 Å². The molecule has 2 atom stereocenters. The van der Waals surface area contributed by atoms with Gasteiger partial charge in [-0.15, -0.1) is 0 Å². The third-order valence-electron chi connectivity index (χ3n) is 4.97. The van der Waals surface area contributed by atoms with Gasteiger partial charge < -0.3 is 9.32 Å². The maximum atomic E-state index is 11.8. The van der Waals surface area contributed by atoms with Crippen LogP contribution in [-0.2, 0) is 11.3 Å². The summed E-state index contributed by atoms with van der Waals surface area (Å²) in [5.74, 6) is 1.93.